The van der Waals surface area contributed by atoms with Gasteiger partial charge in [-0.3, -0.25) is 9.59 Å². The molecule has 1 heterocycles. The third-order valence-corrected chi connectivity index (χ3v) is 4.16. The zero-order chi connectivity index (χ0) is 18.7. The molecule has 0 atom stereocenters. The lowest BCUT2D eigenvalue weighted by Gasteiger charge is -2.11. The predicted octanol–water partition coefficient (Wildman–Crippen LogP) is 5.05. The first-order valence-electron chi connectivity index (χ1n) is 7.97. The molecule has 3 rings (SSSR count). The Hall–Kier alpha value is -3.05. The van der Waals surface area contributed by atoms with Crippen LogP contribution in [0.1, 0.15) is 32.0 Å². The molecule has 3 aromatic rings. The van der Waals surface area contributed by atoms with Crippen molar-refractivity contribution in [2.75, 3.05) is 10.6 Å². The number of nitrogens with one attached hydrogen (secondary N) is 2. The number of anilines is 2. The smallest absolute Gasteiger partial charge is 0.291 e. The molecule has 26 heavy (non-hydrogen) atoms. The number of carbonyl (C=O) groups excluding carboxylic acids is 2. The van der Waals surface area contributed by atoms with Crippen molar-refractivity contribution in [2.45, 2.75) is 13.8 Å². The van der Waals surface area contributed by atoms with Crippen LogP contribution in [0.5, 0.6) is 0 Å². The van der Waals surface area contributed by atoms with Crippen LogP contribution < -0.4 is 10.6 Å². The molecular formula is C20H17ClN2O3. The summed E-state index contributed by atoms with van der Waals surface area (Å²) in [5.41, 5.74) is 3.44. The largest absolute Gasteiger partial charge is 0.459 e. The first-order valence-corrected chi connectivity index (χ1v) is 8.35. The van der Waals surface area contributed by atoms with Crippen LogP contribution >= 0.6 is 11.6 Å². The summed E-state index contributed by atoms with van der Waals surface area (Å²) in [6.07, 6.45) is 1.44. The first-order chi connectivity index (χ1) is 12.4. The normalized spacial score (nSPS) is 10.4. The molecule has 2 amide bonds. The molecule has 2 N–H and O–H groups in total. The maximum atomic E-state index is 12.4. The lowest BCUT2D eigenvalue weighted by molar-refractivity contribution is 0.0994. The third-order valence-electron chi connectivity index (χ3n) is 3.85. The van der Waals surface area contributed by atoms with Gasteiger partial charge < -0.3 is 15.1 Å². The van der Waals surface area contributed by atoms with Gasteiger partial charge in [0, 0.05) is 11.4 Å². The molecule has 6 heteroatoms. The van der Waals surface area contributed by atoms with Crippen molar-refractivity contribution in [1.82, 2.24) is 0 Å². The maximum Gasteiger partial charge on any atom is 0.291 e. The van der Waals surface area contributed by atoms with E-state index in [2.05, 4.69) is 10.6 Å². The van der Waals surface area contributed by atoms with Gasteiger partial charge in [-0.15, -0.1) is 0 Å². The summed E-state index contributed by atoms with van der Waals surface area (Å²) in [5.74, 6) is -0.390. The van der Waals surface area contributed by atoms with Crippen LogP contribution in [-0.2, 0) is 0 Å². The summed E-state index contributed by atoms with van der Waals surface area (Å²) in [4.78, 5) is 24.4. The Morgan fingerprint density at radius 3 is 2.42 bits per heavy atom. The minimum absolute atomic E-state index is 0.232. The molecule has 2 aromatic carbocycles. The highest BCUT2D eigenvalue weighted by Crippen LogP contribution is 2.23. The molecule has 0 aliphatic carbocycles. The number of hydrogen-bond donors (Lipinski definition) is 2. The lowest BCUT2D eigenvalue weighted by Crippen LogP contribution is -2.14. The SMILES string of the molecule is Cc1ccc(C(=O)Nc2ccc(NC(=O)c3ccco3)c(C)c2)c(Cl)c1. The second-order valence-electron chi connectivity index (χ2n) is 5.90. The average Bonchev–Trinajstić information content (AvgIpc) is 3.11. The van der Waals surface area contributed by atoms with Crippen LogP contribution in [0, 0.1) is 13.8 Å². The molecule has 0 aliphatic heterocycles. The van der Waals surface area contributed by atoms with Crippen molar-refractivity contribution in [3.05, 3.63) is 82.3 Å². The van der Waals surface area contributed by atoms with E-state index >= 15 is 0 Å². The lowest BCUT2D eigenvalue weighted by atomic mass is 10.1. The van der Waals surface area contributed by atoms with Gasteiger partial charge in [0.1, 0.15) is 0 Å². The second kappa shape index (κ2) is 7.45. The molecule has 0 bridgehead atoms. The Morgan fingerprint density at radius 1 is 0.962 bits per heavy atom. The zero-order valence-electron chi connectivity index (χ0n) is 14.3. The van der Waals surface area contributed by atoms with E-state index in [1.807, 2.05) is 19.9 Å². The standard InChI is InChI=1S/C20H17ClN2O3/c1-12-5-7-15(16(21)10-12)19(24)22-14-6-8-17(13(2)11-14)23-20(25)18-4-3-9-26-18/h3-11H,1-2H3,(H,22,24)(H,23,25). The fourth-order valence-corrected chi connectivity index (χ4v) is 2.80. The van der Waals surface area contributed by atoms with Crippen molar-refractivity contribution >= 4 is 34.8 Å². The van der Waals surface area contributed by atoms with Gasteiger partial charge in [-0.2, -0.15) is 0 Å². The van der Waals surface area contributed by atoms with Gasteiger partial charge >= 0.3 is 0 Å². The van der Waals surface area contributed by atoms with Gasteiger partial charge in [-0.25, -0.2) is 0 Å². The maximum absolute atomic E-state index is 12.4. The number of hydrogen-bond acceptors (Lipinski definition) is 3. The van der Waals surface area contributed by atoms with Crippen molar-refractivity contribution in [1.29, 1.82) is 0 Å². The number of halogens is 1. The number of aryl methyl sites for hydroxylation is 2. The van der Waals surface area contributed by atoms with Crippen molar-refractivity contribution < 1.29 is 14.0 Å². The first kappa shape index (κ1) is 17.8. The van der Waals surface area contributed by atoms with Crippen molar-refractivity contribution in [3.8, 4) is 0 Å². The highest BCUT2D eigenvalue weighted by atomic mass is 35.5. The highest BCUT2D eigenvalue weighted by molar-refractivity contribution is 6.34. The van der Waals surface area contributed by atoms with Gasteiger partial charge in [0.15, 0.2) is 5.76 Å². The minimum atomic E-state index is -0.332. The van der Waals surface area contributed by atoms with Crippen LogP contribution in [0.3, 0.4) is 0 Å². The topological polar surface area (TPSA) is 71.3 Å². The molecule has 0 radical (unpaired) electrons. The number of rotatable bonds is 4. The fourth-order valence-electron chi connectivity index (χ4n) is 2.48. The van der Waals surface area contributed by atoms with Gasteiger partial charge in [-0.1, -0.05) is 17.7 Å². The summed E-state index contributed by atoms with van der Waals surface area (Å²) < 4.78 is 5.07. The molecule has 132 valence electrons. The molecule has 0 unspecified atom stereocenters. The Bertz CT molecular complexity index is 965. The number of carbonyl (C=O) groups is 2. The van der Waals surface area contributed by atoms with Crippen LogP contribution in [0.15, 0.2) is 59.2 Å². The molecular weight excluding hydrogens is 352 g/mol. The van der Waals surface area contributed by atoms with Crippen LogP contribution in [0.4, 0.5) is 11.4 Å². The van der Waals surface area contributed by atoms with E-state index in [-0.39, 0.29) is 17.6 Å². The van der Waals surface area contributed by atoms with E-state index in [4.69, 9.17) is 16.0 Å². The predicted molar refractivity (Wildman–Crippen MR) is 102 cm³/mol. The monoisotopic (exact) mass is 368 g/mol. The average molecular weight is 369 g/mol. The van der Waals surface area contributed by atoms with E-state index in [0.717, 1.165) is 11.1 Å². The molecule has 0 fully saturated rings. The Labute approximate surface area is 156 Å². The minimum Gasteiger partial charge on any atom is -0.459 e. The fraction of sp³-hybridized carbons (Fsp3) is 0.100. The highest BCUT2D eigenvalue weighted by Gasteiger charge is 2.13. The van der Waals surface area contributed by atoms with Crippen molar-refractivity contribution in [2.24, 2.45) is 0 Å². The summed E-state index contributed by atoms with van der Waals surface area (Å²) >= 11 is 6.14. The number of benzene rings is 2. The van der Waals surface area contributed by atoms with Gasteiger partial charge in [-0.05, 0) is 67.4 Å². The van der Waals surface area contributed by atoms with E-state index in [1.165, 1.54) is 6.26 Å². The molecule has 0 saturated carbocycles. The summed E-state index contributed by atoms with van der Waals surface area (Å²) in [7, 11) is 0. The van der Waals surface area contributed by atoms with E-state index in [9.17, 15) is 9.59 Å². The molecule has 0 saturated heterocycles. The zero-order valence-corrected chi connectivity index (χ0v) is 15.1. The second-order valence-corrected chi connectivity index (χ2v) is 6.31. The third kappa shape index (κ3) is 3.95. The molecule has 0 aliphatic rings. The van der Waals surface area contributed by atoms with E-state index < -0.39 is 0 Å². The number of amides is 2. The Balaban J connectivity index is 1.73. The van der Waals surface area contributed by atoms with Gasteiger partial charge in [0.05, 0.1) is 16.8 Å². The van der Waals surface area contributed by atoms with Gasteiger partial charge in [0.25, 0.3) is 11.8 Å². The summed E-state index contributed by atoms with van der Waals surface area (Å²) in [6, 6.07) is 13.7. The van der Waals surface area contributed by atoms with E-state index in [0.29, 0.717) is 22.0 Å². The Kier molecular flexibility index (Phi) is 5.09. The quantitative estimate of drug-likeness (QED) is 0.676. The van der Waals surface area contributed by atoms with Crippen LogP contribution in [0.25, 0.3) is 0 Å². The molecule has 0 spiro atoms. The Morgan fingerprint density at radius 2 is 1.77 bits per heavy atom. The van der Waals surface area contributed by atoms with E-state index in [1.54, 1.807) is 42.5 Å². The van der Waals surface area contributed by atoms with Crippen molar-refractivity contribution in [3.63, 3.8) is 0 Å². The summed E-state index contributed by atoms with van der Waals surface area (Å²) in [5, 5.41) is 5.99. The van der Waals surface area contributed by atoms with Gasteiger partial charge in [0.2, 0.25) is 0 Å². The van der Waals surface area contributed by atoms with Crippen LogP contribution in [0.2, 0.25) is 5.02 Å². The molecule has 5 nitrogen and oxygen atoms in total. The van der Waals surface area contributed by atoms with Crippen LogP contribution in [-0.4, -0.2) is 11.8 Å². The summed E-state index contributed by atoms with van der Waals surface area (Å²) in [6.45, 7) is 3.75. The number of furan rings is 1. The molecule has 1 aromatic heterocycles.